The van der Waals surface area contributed by atoms with Gasteiger partial charge in [0.25, 0.3) is 0 Å². The molecule has 0 saturated heterocycles. The average Bonchev–Trinajstić information content (AvgIpc) is 3.45. The Kier molecular flexibility index (Phi) is 4.97. The third kappa shape index (κ3) is 3.29. The summed E-state index contributed by atoms with van der Waals surface area (Å²) >= 11 is 0. The molecule has 2 aliphatic rings. The number of urea groups is 1. The van der Waals surface area contributed by atoms with E-state index in [2.05, 4.69) is 5.32 Å². The molecule has 1 aromatic carbocycles. The monoisotopic (exact) mass is 358 g/mol. The van der Waals surface area contributed by atoms with Crippen LogP contribution in [0.5, 0.6) is 0 Å². The highest BCUT2D eigenvalue weighted by molar-refractivity contribution is 5.95. The summed E-state index contributed by atoms with van der Waals surface area (Å²) in [7, 11) is 1.31. The number of methoxy groups -OCH3 is 1. The molecule has 1 aliphatic heterocycles. The average molecular weight is 358 g/mol. The first-order valence-corrected chi connectivity index (χ1v) is 8.63. The Morgan fingerprint density at radius 3 is 2.38 bits per heavy atom. The topological polar surface area (TPSA) is 84.9 Å². The predicted molar refractivity (Wildman–Crippen MR) is 93.2 cm³/mol. The lowest BCUT2D eigenvalue weighted by atomic mass is 9.94. The number of ether oxygens (including phenoxy) is 2. The molecule has 1 saturated carbocycles. The van der Waals surface area contributed by atoms with Crippen molar-refractivity contribution in [1.29, 1.82) is 0 Å². The normalized spacial score (nSPS) is 19.9. The molecule has 1 fully saturated rings. The van der Waals surface area contributed by atoms with Crippen molar-refractivity contribution in [2.75, 3.05) is 13.7 Å². The van der Waals surface area contributed by atoms with Gasteiger partial charge in [0.2, 0.25) is 0 Å². The maximum atomic E-state index is 12.6. The van der Waals surface area contributed by atoms with Crippen molar-refractivity contribution < 1.29 is 23.9 Å². The van der Waals surface area contributed by atoms with Crippen molar-refractivity contribution in [3.05, 3.63) is 46.7 Å². The Hall–Kier alpha value is -2.83. The molecule has 138 valence electrons. The number of amides is 2. The molecular weight excluding hydrogens is 336 g/mol. The van der Waals surface area contributed by atoms with E-state index in [0.29, 0.717) is 22.4 Å². The summed E-state index contributed by atoms with van der Waals surface area (Å²) in [5.74, 6) is -0.890. The predicted octanol–water partition coefficient (Wildman–Crippen LogP) is 2.54. The Labute approximate surface area is 151 Å². The molecule has 0 aromatic heterocycles. The summed E-state index contributed by atoms with van der Waals surface area (Å²) in [4.78, 5) is 38.4. The zero-order valence-electron chi connectivity index (χ0n) is 15.1. The van der Waals surface area contributed by atoms with Gasteiger partial charge in [-0.3, -0.25) is 4.90 Å². The van der Waals surface area contributed by atoms with Crippen LogP contribution in [0.2, 0.25) is 0 Å². The molecule has 1 aliphatic carbocycles. The maximum absolute atomic E-state index is 12.6. The number of benzene rings is 1. The fourth-order valence-corrected chi connectivity index (χ4v) is 3.18. The van der Waals surface area contributed by atoms with Gasteiger partial charge in [-0.15, -0.1) is 0 Å². The lowest BCUT2D eigenvalue weighted by Gasteiger charge is -2.35. The van der Waals surface area contributed by atoms with E-state index in [4.69, 9.17) is 9.47 Å². The lowest BCUT2D eigenvalue weighted by molar-refractivity contribution is -0.139. The van der Waals surface area contributed by atoms with Crippen LogP contribution in [0, 0.1) is 0 Å². The first-order chi connectivity index (χ1) is 12.5. The van der Waals surface area contributed by atoms with Gasteiger partial charge in [0.1, 0.15) is 0 Å². The van der Waals surface area contributed by atoms with Crippen LogP contribution in [-0.2, 0) is 14.3 Å². The maximum Gasteiger partial charge on any atom is 0.338 e. The fraction of sp³-hybridized carbons (Fsp3) is 0.421. The van der Waals surface area contributed by atoms with E-state index in [0.717, 1.165) is 12.8 Å². The number of esters is 2. The van der Waals surface area contributed by atoms with Crippen LogP contribution in [0.25, 0.3) is 0 Å². The van der Waals surface area contributed by atoms with E-state index in [9.17, 15) is 14.4 Å². The Morgan fingerprint density at radius 1 is 1.19 bits per heavy atom. The molecule has 0 spiro atoms. The van der Waals surface area contributed by atoms with Gasteiger partial charge >= 0.3 is 18.0 Å². The van der Waals surface area contributed by atoms with Crippen molar-refractivity contribution in [1.82, 2.24) is 10.2 Å². The molecule has 0 unspecified atom stereocenters. The first kappa shape index (κ1) is 18.0. The third-order valence-electron chi connectivity index (χ3n) is 4.60. The minimum absolute atomic E-state index is 0.141. The van der Waals surface area contributed by atoms with Crippen LogP contribution >= 0.6 is 0 Å². The summed E-state index contributed by atoms with van der Waals surface area (Å²) in [6.45, 7) is 3.77. The molecular formula is C19H22N2O5. The molecule has 0 bridgehead atoms. The number of nitrogens with one attached hydrogen (secondary N) is 1. The molecule has 2 amide bonds. The zero-order valence-corrected chi connectivity index (χ0v) is 15.1. The first-order valence-electron chi connectivity index (χ1n) is 8.63. The van der Waals surface area contributed by atoms with Crippen LogP contribution in [0.3, 0.4) is 0 Å². The highest BCUT2D eigenvalue weighted by atomic mass is 16.5. The second-order valence-corrected chi connectivity index (χ2v) is 6.32. The van der Waals surface area contributed by atoms with E-state index < -0.39 is 18.0 Å². The van der Waals surface area contributed by atoms with Gasteiger partial charge in [-0.2, -0.15) is 0 Å². The van der Waals surface area contributed by atoms with Crippen molar-refractivity contribution in [2.45, 2.75) is 38.8 Å². The Bertz CT molecular complexity index is 765. The van der Waals surface area contributed by atoms with Crippen molar-refractivity contribution in [2.24, 2.45) is 0 Å². The van der Waals surface area contributed by atoms with Crippen LogP contribution < -0.4 is 5.32 Å². The van der Waals surface area contributed by atoms with Crippen LogP contribution in [0.1, 0.15) is 48.7 Å². The van der Waals surface area contributed by atoms with Gasteiger partial charge in [-0.05, 0) is 44.4 Å². The van der Waals surface area contributed by atoms with Gasteiger partial charge in [-0.25, -0.2) is 14.4 Å². The summed E-state index contributed by atoms with van der Waals surface area (Å²) in [5.41, 5.74) is 2.14. The summed E-state index contributed by atoms with van der Waals surface area (Å²) in [6, 6.07) is 5.93. The molecule has 7 heteroatoms. The molecule has 3 rings (SSSR count). The summed E-state index contributed by atoms with van der Waals surface area (Å²) < 4.78 is 9.91. The van der Waals surface area contributed by atoms with E-state index in [-0.39, 0.29) is 18.7 Å². The van der Waals surface area contributed by atoms with E-state index in [1.165, 1.54) is 7.11 Å². The number of hydrogen-bond donors (Lipinski definition) is 1. The van der Waals surface area contributed by atoms with Gasteiger partial charge in [0, 0.05) is 11.7 Å². The molecule has 1 heterocycles. The third-order valence-corrected chi connectivity index (χ3v) is 4.60. The van der Waals surface area contributed by atoms with E-state index >= 15 is 0 Å². The summed E-state index contributed by atoms with van der Waals surface area (Å²) in [5, 5.41) is 2.90. The van der Waals surface area contributed by atoms with Crippen LogP contribution in [-0.4, -0.2) is 42.6 Å². The van der Waals surface area contributed by atoms with Crippen molar-refractivity contribution in [3.8, 4) is 0 Å². The van der Waals surface area contributed by atoms with Crippen molar-refractivity contribution >= 4 is 18.0 Å². The second-order valence-electron chi connectivity index (χ2n) is 6.32. The van der Waals surface area contributed by atoms with Gasteiger partial charge in [0.05, 0.1) is 30.9 Å². The number of carbonyl (C=O) groups excluding carboxylic acids is 3. The Balaban J connectivity index is 1.99. The van der Waals surface area contributed by atoms with Gasteiger partial charge in [0.15, 0.2) is 0 Å². The molecule has 26 heavy (non-hydrogen) atoms. The molecule has 1 aromatic rings. The Morgan fingerprint density at radius 2 is 1.85 bits per heavy atom. The highest BCUT2D eigenvalue weighted by Crippen LogP contribution is 2.37. The van der Waals surface area contributed by atoms with E-state index in [1.807, 2.05) is 0 Å². The standard InChI is InChI=1S/C19H22N2O5/c1-4-26-18(23)15-11(2)21(14-9-10-14)19(24)20-16(15)12-5-7-13(8-6-12)17(22)25-3/h5-8,14,16H,4,9-10H2,1-3H3,(H,20,24)/t16-/m1/s1. The second kappa shape index (κ2) is 7.19. The minimum Gasteiger partial charge on any atom is -0.465 e. The molecule has 1 atom stereocenters. The minimum atomic E-state index is -0.622. The smallest absolute Gasteiger partial charge is 0.338 e. The number of allylic oxidation sites excluding steroid dienone is 1. The fourth-order valence-electron chi connectivity index (χ4n) is 3.18. The van der Waals surface area contributed by atoms with Gasteiger partial charge < -0.3 is 14.8 Å². The van der Waals surface area contributed by atoms with Crippen molar-refractivity contribution in [3.63, 3.8) is 0 Å². The number of rotatable bonds is 5. The number of nitrogens with zero attached hydrogens (tertiary/aromatic N) is 1. The summed E-state index contributed by atoms with van der Waals surface area (Å²) in [6.07, 6.45) is 1.86. The van der Waals surface area contributed by atoms with E-state index in [1.54, 1.807) is 43.0 Å². The largest absolute Gasteiger partial charge is 0.465 e. The zero-order chi connectivity index (χ0) is 18.8. The number of hydrogen-bond acceptors (Lipinski definition) is 5. The quantitative estimate of drug-likeness (QED) is 0.818. The SMILES string of the molecule is CCOC(=O)C1=C(C)N(C2CC2)C(=O)N[C@@H]1c1ccc(C(=O)OC)cc1. The lowest BCUT2D eigenvalue weighted by Crippen LogP contribution is -2.48. The van der Waals surface area contributed by atoms with Crippen LogP contribution in [0.4, 0.5) is 4.79 Å². The number of carbonyl (C=O) groups is 3. The molecule has 0 radical (unpaired) electrons. The molecule has 7 nitrogen and oxygen atoms in total. The van der Waals surface area contributed by atoms with Crippen LogP contribution in [0.15, 0.2) is 35.5 Å². The van der Waals surface area contributed by atoms with Gasteiger partial charge in [-0.1, -0.05) is 12.1 Å². The highest BCUT2D eigenvalue weighted by Gasteiger charge is 2.42. The molecule has 1 N–H and O–H groups in total.